The molecule has 1 aliphatic rings. The van der Waals surface area contributed by atoms with Crippen LogP contribution in [-0.4, -0.2) is 41.5 Å². The second kappa shape index (κ2) is 8.90. The van der Waals surface area contributed by atoms with E-state index in [9.17, 15) is 14.0 Å². The van der Waals surface area contributed by atoms with Gasteiger partial charge in [-0.3, -0.25) is 4.79 Å². The van der Waals surface area contributed by atoms with E-state index in [1.165, 1.54) is 12.1 Å². The third-order valence-electron chi connectivity index (χ3n) is 5.15. The quantitative estimate of drug-likeness (QED) is 0.473. The number of piperidine rings is 1. The smallest absolute Gasteiger partial charge is 0.331 e. The van der Waals surface area contributed by atoms with Gasteiger partial charge in [-0.25, -0.2) is 14.2 Å². The van der Waals surface area contributed by atoms with Crippen LogP contribution in [-0.2, 0) is 14.3 Å². The highest BCUT2D eigenvalue weighted by molar-refractivity contribution is 5.89. The van der Waals surface area contributed by atoms with E-state index in [1.807, 2.05) is 24.3 Å². The average Bonchev–Trinajstić information content (AvgIpc) is 3.21. The number of hydrogen-bond acceptors (Lipinski definition) is 5. The molecule has 1 aromatic heterocycles. The maximum absolute atomic E-state index is 13.5. The molecule has 2 heterocycles. The van der Waals surface area contributed by atoms with Crippen molar-refractivity contribution in [2.45, 2.75) is 18.8 Å². The first-order chi connectivity index (χ1) is 14.6. The third-order valence-corrected chi connectivity index (χ3v) is 5.15. The van der Waals surface area contributed by atoms with E-state index < -0.39 is 11.8 Å². The molecule has 1 aliphatic heterocycles. The Bertz CT molecular complexity index is 1050. The molecule has 7 heteroatoms. The van der Waals surface area contributed by atoms with Crippen LogP contribution in [0.5, 0.6) is 0 Å². The van der Waals surface area contributed by atoms with Crippen LogP contribution in [0.1, 0.15) is 30.2 Å². The summed E-state index contributed by atoms with van der Waals surface area (Å²) in [6.45, 7) is 0.754. The van der Waals surface area contributed by atoms with Gasteiger partial charge in [-0.1, -0.05) is 30.3 Å². The minimum atomic E-state index is -0.687. The van der Waals surface area contributed by atoms with Crippen LogP contribution in [0.15, 0.2) is 59.0 Å². The maximum atomic E-state index is 13.5. The lowest BCUT2D eigenvalue weighted by Crippen LogP contribution is -2.40. The SMILES string of the molecule is O=C(/C=C/c1ccccc1F)OCC(=O)N1CCC(c2nc3ccccc3o2)CC1. The molecule has 6 nitrogen and oxygen atoms in total. The zero-order valence-electron chi connectivity index (χ0n) is 16.3. The van der Waals surface area contributed by atoms with Crippen LogP contribution in [0.4, 0.5) is 4.39 Å². The maximum Gasteiger partial charge on any atom is 0.331 e. The van der Waals surface area contributed by atoms with Gasteiger partial charge in [-0.15, -0.1) is 0 Å². The van der Waals surface area contributed by atoms with E-state index in [1.54, 1.807) is 23.1 Å². The number of carbonyl (C=O) groups excluding carboxylic acids is 2. The number of carbonyl (C=O) groups is 2. The van der Waals surface area contributed by atoms with E-state index in [-0.39, 0.29) is 24.0 Å². The number of likely N-dealkylation sites (tertiary alicyclic amines) is 1. The molecule has 0 bridgehead atoms. The van der Waals surface area contributed by atoms with E-state index >= 15 is 0 Å². The monoisotopic (exact) mass is 408 g/mol. The number of aromatic nitrogens is 1. The van der Waals surface area contributed by atoms with Crippen molar-refractivity contribution in [2.24, 2.45) is 0 Å². The van der Waals surface area contributed by atoms with E-state index in [0.717, 1.165) is 30.0 Å². The molecule has 0 saturated carbocycles. The predicted octanol–water partition coefficient (Wildman–Crippen LogP) is 3.93. The van der Waals surface area contributed by atoms with Gasteiger partial charge in [0.05, 0.1) is 0 Å². The fourth-order valence-electron chi connectivity index (χ4n) is 3.48. The Labute approximate surface area is 173 Å². The number of benzene rings is 2. The minimum absolute atomic E-state index is 0.160. The van der Waals surface area contributed by atoms with Gasteiger partial charge in [-0.05, 0) is 37.1 Å². The molecule has 0 aliphatic carbocycles. The molecule has 0 spiro atoms. The lowest BCUT2D eigenvalue weighted by atomic mass is 9.97. The van der Waals surface area contributed by atoms with Gasteiger partial charge in [0.1, 0.15) is 11.3 Å². The summed E-state index contributed by atoms with van der Waals surface area (Å²) >= 11 is 0. The van der Waals surface area contributed by atoms with Crippen LogP contribution < -0.4 is 0 Å². The van der Waals surface area contributed by atoms with Gasteiger partial charge in [0.15, 0.2) is 18.1 Å². The Kier molecular flexibility index (Phi) is 5.88. The van der Waals surface area contributed by atoms with Gasteiger partial charge in [0.2, 0.25) is 0 Å². The van der Waals surface area contributed by atoms with Crippen LogP contribution >= 0.6 is 0 Å². The molecule has 2 aromatic carbocycles. The molecule has 154 valence electrons. The Morgan fingerprint density at radius 1 is 1.13 bits per heavy atom. The number of fused-ring (bicyclic) bond motifs is 1. The molecule has 1 amide bonds. The molecule has 0 atom stereocenters. The highest BCUT2D eigenvalue weighted by Gasteiger charge is 2.27. The van der Waals surface area contributed by atoms with Gasteiger partial charge in [-0.2, -0.15) is 0 Å². The average molecular weight is 408 g/mol. The number of esters is 1. The lowest BCUT2D eigenvalue weighted by Gasteiger charge is -2.30. The Hall–Kier alpha value is -3.48. The standard InChI is InChI=1S/C23H21FN2O4/c24-18-6-2-1-5-16(18)9-10-22(28)29-15-21(27)26-13-11-17(12-14-26)23-25-19-7-3-4-8-20(19)30-23/h1-10,17H,11-15H2/b10-9+. The zero-order valence-corrected chi connectivity index (χ0v) is 16.3. The number of nitrogens with zero attached hydrogens (tertiary/aromatic N) is 2. The Morgan fingerprint density at radius 2 is 1.87 bits per heavy atom. The number of halogens is 1. The highest BCUT2D eigenvalue weighted by Crippen LogP contribution is 2.29. The van der Waals surface area contributed by atoms with Crippen LogP contribution in [0.25, 0.3) is 17.2 Å². The van der Waals surface area contributed by atoms with Gasteiger partial charge < -0.3 is 14.1 Å². The van der Waals surface area contributed by atoms with Crippen molar-refractivity contribution in [3.05, 3.63) is 71.9 Å². The van der Waals surface area contributed by atoms with Gasteiger partial charge in [0, 0.05) is 30.6 Å². The topological polar surface area (TPSA) is 72.6 Å². The molecule has 0 unspecified atom stereocenters. The number of para-hydroxylation sites is 2. The normalized spacial score (nSPS) is 15.0. The number of rotatable bonds is 5. The summed E-state index contributed by atoms with van der Waals surface area (Å²) in [6, 6.07) is 13.7. The van der Waals surface area contributed by atoms with E-state index in [4.69, 9.17) is 9.15 Å². The summed E-state index contributed by atoms with van der Waals surface area (Å²) < 4.78 is 24.4. The van der Waals surface area contributed by atoms with Crippen molar-refractivity contribution >= 4 is 29.1 Å². The van der Waals surface area contributed by atoms with Gasteiger partial charge >= 0.3 is 5.97 Å². The predicted molar refractivity (Wildman–Crippen MR) is 109 cm³/mol. The van der Waals surface area contributed by atoms with E-state index in [2.05, 4.69) is 4.98 Å². The summed E-state index contributed by atoms with van der Waals surface area (Å²) in [5, 5.41) is 0. The molecular weight excluding hydrogens is 387 g/mol. The molecule has 0 N–H and O–H groups in total. The number of hydrogen-bond donors (Lipinski definition) is 0. The van der Waals surface area contributed by atoms with Crippen molar-refractivity contribution in [1.82, 2.24) is 9.88 Å². The van der Waals surface area contributed by atoms with Crippen LogP contribution in [0, 0.1) is 5.82 Å². The summed E-state index contributed by atoms with van der Waals surface area (Å²) in [5.74, 6) is -0.508. The minimum Gasteiger partial charge on any atom is -0.452 e. The lowest BCUT2D eigenvalue weighted by molar-refractivity contribution is -0.148. The molecule has 0 radical (unpaired) electrons. The molecule has 3 aromatic rings. The summed E-state index contributed by atoms with van der Waals surface area (Å²) in [7, 11) is 0. The summed E-state index contributed by atoms with van der Waals surface area (Å²) in [5.41, 5.74) is 1.88. The number of amides is 1. The van der Waals surface area contributed by atoms with Crippen LogP contribution in [0.2, 0.25) is 0 Å². The summed E-state index contributed by atoms with van der Waals surface area (Å²) in [6.07, 6.45) is 3.92. The van der Waals surface area contributed by atoms with Crippen molar-refractivity contribution < 1.29 is 23.1 Å². The first-order valence-corrected chi connectivity index (χ1v) is 9.83. The first-order valence-electron chi connectivity index (χ1n) is 9.83. The highest BCUT2D eigenvalue weighted by atomic mass is 19.1. The number of oxazole rings is 1. The molecule has 1 fully saturated rings. The summed E-state index contributed by atoms with van der Waals surface area (Å²) in [4.78, 5) is 30.4. The van der Waals surface area contributed by atoms with Crippen molar-refractivity contribution in [3.8, 4) is 0 Å². The Balaban J connectivity index is 1.25. The van der Waals surface area contributed by atoms with Gasteiger partial charge in [0.25, 0.3) is 5.91 Å². The zero-order chi connectivity index (χ0) is 20.9. The second-order valence-corrected chi connectivity index (χ2v) is 7.14. The van der Waals surface area contributed by atoms with Crippen molar-refractivity contribution in [1.29, 1.82) is 0 Å². The second-order valence-electron chi connectivity index (χ2n) is 7.14. The van der Waals surface area contributed by atoms with Crippen molar-refractivity contribution in [3.63, 3.8) is 0 Å². The fraction of sp³-hybridized carbons (Fsp3) is 0.261. The fourth-order valence-corrected chi connectivity index (χ4v) is 3.48. The molecular formula is C23H21FN2O4. The largest absolute Gasteiger partial charge is 0.452 e. The molecule has 30 heavy (non-hydrogen) atoms. The van der Waals surface area contributed by atoms with Crippen LogP contribution in [0.3, 0.4) is 0 Å². The number of ether oxygens (including phenoxy) is 1. The Morgan fingerprint density at radius 3 is 2.63 bits per heavy atom. The van der Waals surface area contributed by atoms with E-state index in [0.29, 0.717) is 19.0 Å². The van der Waals surface area contributed by atoms with Crippen molar-refractivity contribution in [2.75, 3.05) is 19.7 Å². The first kappa shape index (κ1) is 19.8. The third kappa shape index (κ3) is 4.56. The molecule has 4 rings (SSSR count). The molecule has 1 saturated heterocycles.